The Bertz CT molecular complexity index is 433. The zero-order valence-electron chi connectivity index (χ0n) is 11.1. The number of para-hydroxylation sites is 1. The number of nitrogens with zero attached hydrogens (tertiary/aromatic N) is 1. The maximum absolute atomic E-state index is 12.5. The quantitative estimate of drug-likeness (QED) is 0.804. The average molecular weight is 249 g/mol. The van der Waals surface area contributed by atoms with Crippen molar-refractivity contribution in [2.75, 3.05) is 20.3 Å². The number of carbonyl (C=O) groups is 1. The van der Waals surface area contributed by atoms with Crippen LogP contribution in [-0.4, -0.2) is 43.2 Å². The lowest BCUT2D eigenvalue weighted by Gasteiger charge is -2.38. The molecule has 0 aromatic heterocycles. The molecule has 98 valence electrons. The predicted molar refractivity (Wildman–Crippen MR) is 68.9 cm³/mol. The van der Waals surface area contributed by atoms with Crippen LogP contribution >= 0.6 is 0 Å². The van der Waals surface area contributed by atoms with Crippen molar-refractivity contribution in [3.63, 3.8) is 0 Å². The zero-order chi connectivity index (χ0) is 13.1. The summed E-state index contributed by atoms with van der Waals surface area (Å²) in [6.07, 6.45) is 0.0670. The van der Waals surface area contributed by atoms with E-state index in [2.05, 4.69) is 0 Å². The van der Waals surface area contributed by atoms with Crippen molar-refractivity contribution < 1.29 is 14.3 Å². The van der Waals surface area contributed by atoms with Gasteiger partial charge in [-0.25, -0.2) is 0 Å². The van der Waals surface area contributed by atoms with E-state index in [1.165, 1.54) is 0 Å². The summed E-state index contributed by atoms with van der Waals surface area (Å²) >= 11 is 0. The van der Waals surface area contributed by atoms with Crippen LogP contribution in [0.25, 0.3) is 0 Å². The number of hydrogen-bond acceptors (Lipinski definition) is 3. The Morgan fingerprint density at radius 1 is 1.39 bits per heavy atom. The molecule has 0 bridgehead atoms. The summed E-state index contributed by atoms with van der Waals surface area (Å²) < 4.78 is 10.8. The second-order valence-corrected chi connectivity index (χ2v) is 4.52. The maximum Gasteiger partial charge on any atom is 0.258 e. The predicted octanol–water partition coefficient (Wildman–Crippen LogP) is 1.94. The normalized spacial score (nSPS) is 23.8. The first-order chi connectivity index (χ1) is 8.65. The number of ether oxygens (including phenoxy) is 2. The molecule has 2 atom stereocenters. The van der Waals surface area contributed by atoms with Gasteiger partial charge >= 0.3 is 0 Å². The van der Waals surface area contributed by atoms with Crippen LogP contribution in [0, 0.1) is 0 Å². The van der Waals surface area contributed by atoms with Gasteiger partial charge in [-0.15, -0.1) is 0 Å². The fraction of sp³-hybridized carbons (Fsp3) is 0.500. The largest absolute Gasteiger partial charge is 0.496 e. The highest BCUT2D eigenvalue weighted by Crippen LogP contribution is 2.22. The first-order valence-electron chi connectivity index (χ1n) is 6.20. The number of amides is 1. The molecule has 0 aliphatic carbocycles. The van der Waals surface area contributed by atoms with Crippen molar-refractivity contribution in [2.24, 2.45) is 0 Å². The van der Waals surface area contributed by atoms with Crippen LogP contribution in [0.2, 0.25) is 0 Å². The Kier molecular flexibility index (Phi) is 3.87. The number of benzene rings is 1. The monoisotopic (exact) mass is 249 g/mol. The van der Waals surface area contributed by atoms with E-state index in [0.717, 1.165) is 0 Å². The summed E-state index contributed by atoms with van der Waals surface area (Å²) in [5.74, 6) is 0.629. The molecule has 4 heteroatoms. The summed E-state index contributed by atoms with van der Waals surface area (Å²) in [7, 11) is 1.58. The van der Waals surface area contributed by atoms with Crippen molar-refractivity contribution in [1.29, 1.82) is 0 Å². The van der Waals surface area contributed by atoms with Gasteiger partial charge in [0.1, 0.15) is 5.75 Å². The first kappa shape index (κ1) is 12.9. The van der Waals surface area contributed by atoms with Crippen molar-refractivity contribution in [2.45, 2.75) is 26.0 Å². The summed E-state index contributed by atoms with van der Waals surface area (Å²) in [6, 6.07) is 7.40. The molecule has 2 unspecified atom stereocenters. The summed E-state index contributed by atoms with van der Waals surface area (Å²) in [5, 5.41) is 0. The molecule has 0 radical (unpaired) electrons. The van der Waals surface area contributed by atoms with E-state index in [1.54, 1.807) is 13.2 Å². The summed E-state index contributed by atoms with van der Waals surface area (Å²) in [5.41, 5.74) is 0.612. The third-order valence-corrected chi connectivity index (χ3v) is 3.48. The standard InChI is InChI=1S/C14H19NO3/c1-10-11(2)18-9-8-15(10)14(16)12-6-4-5-7-13(12)17-3/h4-7,10-11H,8-9H2,1-3H3. The van der Waals surface area contributed by atoms with Crippen LogP contribution in [0.3, 0.4) is 0 Å². The van der Waals surface area contributed by atoms with Crippen molar-refractivity contribution >= 4 is 5.91 Å². The van der Waals surface area contributed by atoms with Gasteiger partial charge in [0.05, 0.1) is 31.4 Å². The van der Waals surface area contributed by atoms with Gasteiger partial charge < -0.3 is 14.4 Å². The molecular formula is C14H19NO3. The van der Waals surface area contributed by atoms with Crippen LogP contribution in [0.5, 0.6) is 5.75 Å². The molecule has 1 heterocycles. The lowest BCUT2D eigenvalue weighted by Crippen LogP contribution is -2.51. The smallest absolute Gasteiger partial charge is 0.258 e. The van der Waals surface area contributed by atoms with Crippen LogP contribution in [0.15, 0.2) is 24.3 Å². The Morgan fingerprint density at radius 2 is 2.11 bits per heavy atom. The Hall–Kier alpha value is -1.55. The Labute approximate surface area is 107 Å². The SMILES string of the molecule is COc1ccccc1C(=O)N1CCOC(C)C1C. The minimum absolute atomic E-state index is 0.00935. The second kappa shape index (κ2) is 5.40. The van der Waals surface area contributed by atoms with E-state index < -0.39 is 0 Å². The molecule has 18 heavy (non-hydrogen) atoms. The molecule has 1 saturated heterocycles. The Morgan fingerprint density at radius 3 is 2.83 bits per heavy atom. The lowest BCUT2D eigenvalue weighted by molar-refractivity contribution is -0.0441. The zero-order valence-corrected chi connectivity index (χ0v) is 11.1. The first-order valence-corrected chi connectivity index (χ1v) is 6.20. The number of morpholine rings is 1. The minimum atomic E-state index is 0.00935. The average Bonchev–Trinajstić information content (AvgIpc) is 2.41. The Balaban J connectivity index is 2.25. The third kappa shape index (κ3) is 2.34. The fourth-order valence-corrected chi connectivity index (χ4v) is 2.20. The molecule has 0 N–H and O–H groups in total. The molecule has 2 rings (SSSR count). The topological polar surface area (TPSA) is 38.8 Å². The minimum Gasteiger partial charge on any atom is -0.496 e. The molecule has 0 spiro atoms. The van der Waals surface area contributed by atoms with E-state index in [-0.39, 0.29) is 18.1 Å². The van der Waals surface area contributed by atoms with Crippen LogP contribution < -0.4 is 4.74 Å². The fourth-order valence-electron chi connectivity index (χ4n) is 2.20. The van der Waals surface area contributed by atoms with Crippen LogP contribution in [0.4, 0.5) is 0 Å². The van der Waals surface area contributed by atoms with Gasteiger partial charge in [-0.3, -0.25) is 4.79 Å². The summed E-state index contributed by atoms with van der Waals surface area (Å²) in [6.45, 7) is 5.22. The molecule has 1 amide bonds. The lowest BCUT2D eigenvalue weighted by atomic mass is 10.1. The van der Waals surface area contributed by atoms with Crippen molar-refractivity contribution in [3.8, 4) is 5.75 Å². The molecule has 1 aliphatic rings. The van der Waals surface area contributed by atoms with Crippen LogP contribution in [0.1, 0.15) is 24.2 Å². The van der Waals surface area contributed by atoms with Gasteiger partial charge in [-0.2, -0.15) is 0 Å². The molecule has 1 fully saturated rings. The van der Waals surface area contributed by atoms with Crippen LogP contribution in [-0.2, 0) is 4.74 Å². The molecule has 1 aromatic carbocycles. The van der Waals surface area contributed by atoms with Gasteiger partial charge in [0, 0.05) is 6.54 Å². The van der Waals surface area contributed by atoms with E-state index in [1.807, 2.05) is 36.9 Å². The van der Waals surface area contributed by atoms with Crippen molar-refractivity contribution in [1.82, 2.24) is 4.90 Å². The maximum atomic E-state index is 12.5. The van der Waals surface area contributed by atoms with Crippen molar-refractivity contribution in [3.05, 3.63) is 29.8 Å². The number of carbonyl (C=O) groups excluding carboxylic acids is 1. The molecule has 4 nitrogen and oxygen atoms in total. The number of methoxy groups -OCH3 is 1. The molecule has 1 aromatic rings. The van der Waals surface area contributed by atoms with Gasteiger partial charge in [0.15, 0.2) is 0 Å². The van der Waals surface area contributed by atoms with Gasteiger partial charge in [-0.05, 0) is 26.0 Å². The highest BCUT2D eigenvalue weighted by atomic mass is 16.5. The second-order valence-electron chi connectivity index (χ2n) is 4.52. The van der Waals surface area contributed by atoms with E-state index >= 15 is 0 Å². The molecule has 1 aliphatic heterocycles. The summed E-state index contributed by atoms with van der Waals surface area (Å²) in [4.78, 5) is 14.4. The molecule has 0 saturated carbocycles. The molecular weight excluding hydrogens is 230 g/mol. The third-order valence-electron chi connectivity index (χ3n) is 3.48. The van der Waals surface area contributed by atoms with E-state index in [9.17, 15) is 4.79 Å². The van der Waals surface area contributed by atoms with E-state index in [4.69, 9.17) is 9.47 Å². The number of rotatable bonds is 2. The van der Waals surface area contributed by atoms with Gasteiger partial charge in [-0.1, -0.05) is 12.1 Å². The highest BCUT2D eigenvalue weighted by Gasteiger charge is 2.30. The number of hydrogen-bond donors (Lipinski definition) is 0. The van der Waals surface area contributed by atoms with Gasteiger partial charge in [0.25, 0.3) is 5.91 Å². The van der Waals surface area contributed by atoms with E-state index in [0.29, 0.717) is 24.5 Å². The van der Waals surface area contributed by atoms with Gasteiger partial charge in [0.2, 0.25) is 0 Å². The highest BCUT2D eigenvalue weighted by molar-refractivity contribution is 5.97.